The zero-order valence-corrected chi connectivity index (χ0v) is 11.5. The monoisotopic (exact) mass is 295 g/mol. The van der Waals surface area contributed by atoms with E-state index in [-0.39, 0.29) is 17.2 Å². The Balaban J connectivity index is 1.94. The topological polar surface area (TPSA) is 82.9 Å². The molecule has 0 aliphatic carbocycles. The van der Waals surface area contributed by atoms with Crippen molar-refractivity contribution in [2.24, 2.45) is 0 Å². The molecule has 0 saturated carbocycles. The number of thiophene rings is 1. The summed E-state index contributed by atoms with van der Waals surface area (Å²) in [5.74, 6) is 0.810. The number of phenolic OH excluding ortho intramolecular Hbond substituents is 1. The van der Waals surface area contributed by atoms with Crippen LogP contribution in [0.25, 0.3) is 22.4 Å². The summed E-state index contributed by atoms with van der Waals surface area (Å²) in [6.45, 7) is 0. The molecule has 0 bridgehead atoms. The van der Waals surface area contributed by atoms with Crippen molar-refractivity contribution in [3.63, 3.8) is 0 Å². The molecule has 0 radical (unpaired) electrons. The van der Waals surface area contributed by atoms with Crippen LogP contribution in [-0.4, -0.2) is 15.2 Å². The average Bonchev–Trinajstić information content (AvgIpc) is 3.17. The quantitative estimate of drug-likeness (QED) is 0.747. The molecule has 0 fully saturated rings. The summed E-state index contributed by atoms with van der Waals surface area (Å²) in [7, 11) is 0. The van der Waals surface area contributed by atoms with Gasteiger partial charge in [-0.05, 0) is 35.2 Å². The molecule has 1 aromatic carbocycles. The van der Waals surface area contributed by atoms with Gasteiger partial charge in [0.15, 0.2) is 0 Å². The van der Waals surface area contributed by atoms with E-state index in [1.54, 1.807) is 30.3 Å². The molecule has 5 nitrogen and oxygen atoms in total. The van der Waals surface area contributed by atoms with Gasteiger partial charge < -0.3 is 9.63 Å². The number of allylic oxidation sites excluding steroid dienone is 1. The first-order chi connectivity index (χ1) is 10.3. The van der Waals surface area contributed by atoms with E-state index in [0.717, 1.165) is 10.4 Å². The Bertz CT molecular complexity index is 811. The number of phenols is 1. The van der Waals surface area contributed by atoms with E-state index in [9.17, 15) is 10.4 Å². The predicted molar refractivity (Wildman–Crippen MR) is 79.2 cm³/mol. The highest BCUT2D eigenvalue weighted by atomic mass is 32.1. The number of nitrogens with zero attached hydrogens (tertiary/aromatic N) is 3. The van der Waals surface area contributed by atoms with Crippen molar-refractivity contribution in [3.05, 3.63) is 53.2 Å². The fourth-order valence-corrected chi connectivity index (χ4v) is 2.37. The third-order valence-corrected chi connectivity index (χ3v) is 3.59. The van der Waals surface area contributed by atoms with Crippen molar-refractivity contribution in [2.45, 2.75) is 0 Å². The molecule has 0 aliphatic heterocycles. The smallest absolute Gasteiger partial charge is 0.268 e. The zero-order chi connectivity index (χ0) is 14.7. The first kappa shape index (κ1) is 13.1. The highest BCUT2D eigenvalue weighted by molar-refractivity contribution is 7.13. The maximum absolute atomic E-state index is 9.25. The van der Waals surface area contributed by atoms with Crippen molar-refractivity contribution in [1.29, 1.82) is 5.26 Å². The molecule has 2 heterocycles. The molecule has 0 saturated heterocycles. The van der Waals surface area contributed by atoms with Gasteiger partial charge >= 0.3 is 0 Å². The molecule has 3 rings (SSSR count). The summed E-state index contributed by atoms with van der Waals surface area (Å²) in [6, 6.07) is 12.3. The van der Waals surface area contributed by atoms with Crippen LogP contribution < -0.4 is 0 Å². The molecular formula is C15H9N3O2S. The molecule has 102 valence electrons. The van der Waals surface area contributed by atoms with Gasteiger partial charge in [-0.3, -0.25) is 0 Å². The molecule has 0 spiro atoms. The summed E-state index contributed by atoms with van der Waals surface area (Å²) in [6.07, 6.45) is 1.63. The van der Waals surface area contributed by atoms with Gasteiger partial charge in [-0.1, -0.05) is 23.4 Å². The number of hydrogen-bond acceptors (Lipinski definition) is 6. The van der Waals surface area contributed by atoms with E-state index in [0.29, 0.717) is 5.82 Å². The first-order valence-electron chi connectivity index (χ1n) is 6.05. The van der Waals surface area contributed by atoms with Crippen LogP contribution >= 0.6 is 11.3 Å². The van der Waals surface area contributed by atoms with Gasteiger partial charge in [-0.2, -0.15) is 10.2 Å². The lowest BCUT2D eigenvalue weighted by atomic mass is 10.1. The van der Waals surface area contributed by atoms with E-state index < -0.39 is 0 Å². The summed E-state index contributed by atoms with van der Waals surface area (Å²) in [4.78, 5) is 5.11. The maximum Gasteiger partial charge on any atom is 0.268 e. The number of nitriles is 1. The number of aromatic hydroxyl groups is 1. The fraction of sp³-hybridized carbons (Fsp3) is 0. The lowest BCUT2D eigenvalue weighted by molar-refractivity contribution is 0.409. The molecule has 2 aromatic heterocycles. The number of rotatable bonds is 3. The number of benzene rings is 1. The van der Waals surface area contributed by atoms with Crippen molar-refractivity contribution in [1.82, 2.24) is 10.1 Å². The summed E-state index contributed by atoms with van der Waals surface area (Å²) in [5, 5.41) is 24.3. The van der Waals surface area contributed by atoms with E-state index in [1.165, 1.54) is 11.3 Å². The fourth-order valence-electron chi connectivity index (χ4n) is 1.72. The molecule has 21 heavy (non-hydrogen) atoms. The predicted octanol–water partition coefficient (Wildman–Crippen LogP) is 3.57. The van der Waals surface area contributed by atoms with Gasteiger partial charge in [-0.25, -0.2) is 0 Å². The minimum Gasteiger partial charge on any atom is -0.508 e. The largest absolute Gasteiger partial charge is 0.508 e. The summed E-state index contributed by atoms with van der Waals surface area (Å²) >= 11 is 1.50. The Labute approximate surface area is 124 Å². The zero-order valence-electron chi connectivity index (χ0n) is 10.7. The third-order valence-electron chi connectivity index (χ3n) is 2.72. The van der Waals surface area contributed by atoms with Gasteiger partial charge in [0.05, 0.1) is 4.88 Å². The van der Waals surface area contributed by atoms with E-state index >= 15 is 0 Å². The second-order valence-electron chi connectivity index (χ2n) is 4.16. The normalized spacial score (nSPS) is 11.3. The minimum absolute atomic E-state index is 0.170. The third kappa shape index (κ3) is 2.83. The number of hydrogen-bond donors (Lipinski definition) is 1. The summed E-state index contributed by atoms with van der Waals surface area (Å²) < 4.78 is 5.14. The van der Waals surface area contributed by atoms with Gasteiger partial charge in [0.25, 0.3) is 5.89 Å². The van der Waals surface area contributed by atoms with Crippen LogP contribution in [0, 0.1) is 11.3 Å². The second kappa shape index (κ2) is 5.61. The Morgan fingerprint density at radius 3 is 2.76 bits per heavy atom. The van der Waals surface area contributed by atoms with Crippen molar-refractivity contribution in [3.8, 4) is 22.5 Å². The lowest BCUT2D eigenvalue weighted by Crippen LogP contribution is -1.82. The van der Waals surface area contributed by atoms with E-state index in [4.69, 9.17) is 4.52 Å². The SMILES string of the molecule is N#CC(=Cc1ccc(O)cc1)c1nc(-c2cccs2)no1. The Morgan fingerprint density at radius 2 is 2.10 bits per heavy atom. The molecule has 0 amide bonds. The average molecular weight is 295 g/mol. The van der Waals surface area contributed by atoms with Crippen LogP contribution in [0.1, 0.15) is 11.5 Å². The highest BCUT2D eigenvalue weighted by Gasteiger charge is 2.13. The Hall–Kier alpha value is -2.91. The Morgan fingerprint density at radius 1 is 1.29 bits per heavy atom. The van der Waals surface area contributed by atoms with Crippen molar-refractivity contribution in [2.75, 3.05) is 0 Å². The standard InChI is InChI=1S/C15H9N3O2S/c16-9-11(8-10-3-5-12(19)6-4-10)15-17-14(18-20-15)13-2-1-7-21-13/h1-8,19H. The maximum atomic E-state index is 9.25. The summed E-state index contributed by atoms with van der Waals surface area (Å²) in [5.41, 5.74) is 1.04. The van der Waals surface area contributed by atoms with Gasteiger partial charge in [0, 0.05) is 0 Å². The molecule has 1 N–H and O–H groups in total. The molecule has 0 atom stereocenters. The highest BCUT2D eigenvalue weighted by Crippen LogP contribution is 2.24. The van der Waals surface area contributed by atoms with Crippen molar-refractivity contribution >= 4 is 23.0 Å². The van der Waals surface area contributed by atoms with E-state index in [2.05, 4.69) is 10.1 Å². The Kier molecular flexibility index (Phi) is 3.50. The minimum atomic E-state index is 0.170. The van der Waals surface area contributed by atoms with Crippen LogP contribution in [0.4, 0.5) is 0 Å². The van der Waals surface area contributed by atoms with Crippen LogP contribution in [0.5, 0.6) is 5.75 Å². The molecule has 6 heteroatoms. The van der Waals surface area contributed by atoms with Gasteiger partial charge in [-0.15, -0.1) is 11.3 Å². The van der Waals surface area contributed by atoms with Crippen molar-refractivity contribution < 1.29 is 9.63 Å². The molecule has 0 unspecified atom stereocenters. The first-order valence-corrected chi connectivity index (χ1v) is 6.93. The van der Waals surface area contributed by atoms with Crippen LogP contribution in [0.3, 0.4) is 0 Å². The van der Waals surface area contributed by atoms with E-state index in [1.807, 2.05) is 23.6 Å². The van der Waals surface area contributed by atoms with Gasteiger partial charge in [0.2, 0.25) is 5.82 Å². The van der Waals surface area contributed by atoms with Crippen LogP contribution in [0.15, 0.2) is 46.3 Å². The molecular weight excluding hydrogens is 286 g/mol. The number of aromatic nitrogens is 2. The lowest BCUT2D eigenvalue weighted by Gasteiger charge is -1.95. The molecule has 0 aliphatic rings. The second-order valence-corrected chi connectivity index (χ2v) is 5.11. The van der Waals surface area contributed by atoms with Gasteiger partial charge in [0.1, 0.15) is 17.4 Å². The molecule has 3 aromatic rings. The van der Waals surface area contributed by atoms with Crippen LogP contribution in [0.2, 0.25) is 0 Å². The van der Waals surface area contributed by atoms with Crippen LogP contribution in [-0.2, 0) is 0 Å².